The third-order valence-corrected chi connectivity index (χ3v) is 7.76. The fourth-order valence-electron chi connectivity index (χ4n) is 5.67. The smallest absolute Gasteiger partial charge is 0.164 e. The van der Waals surface area contributed by atoms with Gasteiger partial charge < -0.3 is 15.4 Å². The molecule has 0 spiro atoms. The summed E-state index contributed by atoms with van der Waals surface area (Å²) < 4.78 is 23.2. The SMILES string of the molecule is CN1CCN(C2CCC(n3nc(-c4ccc(Oc5ccccc5)cc4F)c4c(N)ncnc43)CC2)CC1. The van der Waals surface area contributed by atoms with E-state index >= 15 is 4.39 Å². The van der Waals surface area contributed by atoms with E-state index in [2.05, 4.69) is 26.8 Å². The molecule has 192 valence electrons. The third-order valence-electron chi connectivity index (χ3n) is 7.76. The number of aromatic nitrogens is 4. The first-order valence-electron chi connectivity index (χ1n) is 13.0. The Morgan fingerprint density at radius 1 is 0.892 bits per heavy atom. The van der Waals surface area contributed by atoms with Crippen LogP contribution in [0.1, 0.15) is 31.7 Å². The highest BCUT2D eigenvalue weighted by molar-refractivity contribution is 5.98. The number of likely N-dealkylation sites (N-methyl/N-ethyl adjacent to an activating group) is 1. The third kappa shape index (κ3) is 4.76. The summed E-state index contributed by atoms with van der Waals surface area (Å²) in [6.07, 6.45) is 5.70. The molecule has 1 saturated heterocycles. The normalized spacial score (nSPS) is 21.4. The van der Waals surface area contributed by atoms with Crippen LogP contribution in [0.25, 0.3) is 22.3 Å². The molecular formula is C28H32FN7O. The van der Waals surface area contributed by atoms with Crippen LogP contribution in [-0.2, 0) is 0 Å². The number of nitrogen functional groups attached to an aromatic ring is 1. The molecule has 2 fully saturated rings. The highest BCUT2D eigenvalue weighted by Gasteiger charge is 2.31. The van der Waals surface area contributed by atoms with Gasteiger partial charge in [-0.1, -0.05) is 18.2 Å². The molecule has 0 atom stereocenters. The molecule has 0 bridgehead atoms. The van der Waals surface area contributed by atoms with Gasteiger partial charge in [0.05, 0.1) is 11.4 Å². The molecular weight excluding hydrogens is 469 g/mol. The molecule has 1 aliphatic carbocycles. The molecule has 37 heavy (non-hydrogen) atoms. The zero-order valence-corrected chi connectivity index (χ0v) is 21.1. The maximum absolute atomic E-state index is 15.4. The first kappa shape index (κ1) is 23.8. The molecule has 1 aliphatic heterocycles. The molecule has 2 aromatic carbocycles. The minimum Gasteiger partial charge on any atom is -0.457 e. The molecule has 9 heteroatoms. The van der Waals surface area contributed by atoms with Gasteiger partial charge in [0.2, 0.25) is 0 Å². The lowest BCUT2D eigenvalue weighted by atomic mass is 9.90. The van der Waals surface area contributed by atoms with Crippen LogP contribution in [0.15, 0.2) is 54.9 Å². The fourth-order valence-corrected chi connectivity index (χ4v) is 5.67. The molecule has 2 aromatic heterocycles. The van der Waals surface area contributed by atoms with E-state index in [0.717, 1.165) is 51.9 Å². The van der Waals surface area contributed by atoms with Gasteiger partial charge in [0.1, 0.15) is 35.2 Å². The maximum atomic E-state index is 15.4. The average Bonchev–Trinajstić information content (AvgIpc) is 3.31. The number of hydrogen-bond acceptors (Lipinski definition) is 7. The molecule has 0 unspecified atom stereocenters. The van der Waals surface area contributed by atoms with Crippen LogP contribution in [0.4, 0.5) is 10.2 Å². The van der Waals surface area contributed by atoms with Crippen LogP contribution >= 0.6 is 0 Å². The van der Waals surface area contributed by atoms with Gasteiger partial charge in [-0.15, -0.1) is 0 Å². The molecule has 2 N–H and O–H groups in total. The van der Waals surface area contributed by atoms with Crippen molar-refractivity contribution in [3.05, 3.63) is 60.7 Å². The van der Waals surface area contributed by atoms with E-state index < -0.39 is 5.82 Å². The Morgan fingerprint density at radius 2 is 1.62 bits per heavy atom. The number of anilines is 1. The predicted octanol–water partition coefficient (Wildman–Crippen LogP) is 4.74. The van der Waals surface area contributed by atoms with Crippen LogP contribution in [0.2, 0.25) is 0 Å². The summed E-state index contributed by atoms with van der Waals surface area (Å²) in [5.41, 5.74) is 7.78. The average molecular weight is 502 g/mol. The number of benzene rings is 2. The second kappa shape index (κ2) is 10.1. The zero-order valence-electron chi connectivity index (χ0n) is 21.1. The highest BCUT2D eigenvalue weighted by atomic mass is 19.1. The van der Waals surface area contributed by atoms with Crippen molar-refractivity contribution >= 4 is 16.9 Å². The summed E-state index contributed by atoms with van der Waals surface area (Å²) in [7, 11) is 2.19. The lowest BCUT2D eigenvalue weighted by molar-refractivity contribution is 0.0815. The van der Waals surface area contributed by atoms with E-state index in [4.69, 9.17) is 15.6 Å². The lowest BCUT2D eigenvalue weighted by Crippen LogP contribution is -2.49. The predicted molar refractivity (Wildman–Crippen MR) is 142 cm³/mol. The van der Waals surface area contributed by atoms with Crippen LogP contribution in [0, 0.1) is 5.82 Å². The number of hydrogen-bond donors (Lipinski definition) is 1. The summed E-state index contributed by atoms with van der Waals surface area (Å²) in [5.74, 6) is 0.945. The van der Waals surface area contributed by atoms with Crippen molar-refractivity contribution in [1.82, 2.24) is 29.5 Å². The summed E-state index contributed by atoms with van der Waals surface area (Å²) >= 11 is 0. The lowest BCUT2D eigenvalue weighted by Gasteiger charge is -2.41. The second-order valence-electron chi connectivity index (χ2n) is 10.1. The van der Waals surface area contributed by atoms with Gasteiger partial charge in [-0.25, -0.2) is 19.0 Å². The topological polar surface area (TPSA) is 85.3 Å². The van der Waals surface area contributed by atoms with Crippen LogP contribution in [0.3, 0.4) is 0 Å². The maximum Gasteiger partial charge on any atom is 0.164 e. The Kier molecular flexibility index (Phi) is 6.48. The van der Waals surface area contributed by atoms with E-state index in [1.54, 1.807) is 12.1 Å². The summed E-state index contributed by atoms with van der Waals surface area (Å²) in [4.78, 5) is 13.7. The Morgan fingerprint density at radius 3 is 2.35 bits per heavy atom. The van der Waals surface area contributed by atoms with Gasteiger partial charge in [-0.2, -0.15) is 5.10 Å². The van der Waals surface area contributed by atoms with Crippen molar-refractivity contribution in [2.75, 3.05) is 39.0 Å². The molecule has 2 aliphatic rings. The zero-order chi connectivity index (χ0) is 25.4. The Labute approximate surface area is 215 Å². The van der Waals surface area contributed by atoms with Crippen molar-refractivity contribution in [3.8, 4) is 22.8 Å². The molecule has 0 radical (unpaired) electrons. The van der Waals surface area contributed by atoms with Gasteiger partial charge >= 0.3 is 0 Å². The molecule has 6 rings (SSSR count). The van der Waals surface area contributed by atoms with Gasteiger partial charge in [-0.05, 0) is 57.0 Å². The van der Waals surface area contributed by atoms with Crippen molar-refractivity contribution in [2.24, 2.45) is 0 Å². The van der Waals surface area contributed by atoms with E-state index in [1.807, 2.05) is 35.0 Å². The number of nitrogens with two attached hydrogens (primary N) is 1. The van der Waals surface area contributed by atoms with E-state index in [-0.39, 0.29) is 6.04 Å². The highest BCUT2D eigenvalue weighted by Crippen LogP contribution is 2.38. The molecule has 1 saturated carbocycles. The molecule has 0 amide bonds. The summed E-state index contributed by atoms with van der Waals surface area (Å²) in [6, 6.07) is 14.9. The van der Waals surface area contributed by atoms with E-state index in [0.29, 0.717) is 45.6 Å². The monoisotopic (exact) mass is 501 g/mol. The number of nitrogens with zero attached hydrogens (tertiary/aromatic N) is 6. The van der Waals surface area contributed by atoms with Crippen molar-refractivity contribution < 1.29 is 9.13 Å². The summed E-state index contributed by atoms with van der Waals surface area (Å²) in [5, 5.41) is 5.50. The van der Waals surface area contributed by atoms with Gasteiger partial charge in [0, 0.05) is 43.9 Å². The number of halogens is 1. The van der Waals surface area contributed by atoms with Crippen molar-refractivity contribution in [1.29, 1.82) is 0 Å². The Hall–Kier alpha value is -3.56. The van der Waals surface area contributed by atoms with Crippen molar-refractivity contribution in [2.45, 2.75) is 37.8 Å². The van der Waals surface area contributed by atoms with Crippen molar-refractivity contribution in [3.63, 3.8) is 0 Å². The van der Waals surface area contributed by atoms with Crippen LogP contribution in [0.5, 0.6) is 11.5 Å². The van der Waals surface area contributed by atoms with Gasteiger partial charge in [-0.3, -0.25) is 4.90 Å². The minimum atomic E-state index is -0.429. The van der Waals surface area contributed by atoms with Crippen LogP contribution < -0.4 is 10.5 Å². The fraction of sp³-hybridized carbons (Fsp3) is 0.393. The standard InChI is InChI=1S/C28H32FN7O/c1-34-13-15-35(16-14-34)19-7-9-20(10-8-19)36-28-25(27(30)31-18-32-28)26(33-36)23-12-11-22(17-24(23)29)37-21-5-3-2-4-6-21/h2-6,11-12,17-20H,7-10,13-16H2,1H3,(H2,30,31,32). The Balaban J connectivity index is 1.27. The largest absolute Gasteiger partial charge is 0.457 e. The number of rotatable bonds is 5. The number of para-hydroxylation sites is 1. The van der Waals surface area contributed by atoms with Crippen LogP contribution in [-0.4, -0.2) is 68.8 Å². The summed E-state index contributed by atoms with van der Waals surface area (Å²) in [6.45, 7) is 4.52. The first-order chi connectivity index (χ1) is 18.1. The minimum absolute atomic E-state index is 0.193. The molecule has 8 nitrogen and oxygen atoms in total. The number of fused-ring (bicyclic) bond motifs is 1. The first-order valence-corrected chi connectivity index (χ1v) is 13.0. The molecule has 4 aromatic rings. The number of piperazine rings is 1. The quantitative estimate of drug-likeness (QED) is 0.423. The molecule has 3 heterocycles. The van der Waals surface area contributed by atoms with E-state index in [9.17, 15) is 0 Å². The Bertz CT molecular complexity index is 1380. The van der Waals surface area contributed by atoms with Gasteiger partial charge in [0.25, 0.3) is 0 Å². The second-order valence-corrected chi connectivity index (χ2v) is 10.1. The van der Waals surface area contributed by atoms with E-state index in [1.165, 1.54) is 12.4 Å². The number of ether oxygens (including phenoxy) is 1. The van der Waals surface area contributed by atoms with Gasteiger partial charge in [0.15, 0.2) is 5.65 Å².